The SMILES string of the molecule is OCC1CC2C3CC(COCC4CC5CC4C4CCC(CO)C54)C(C3)C2C1. The molecule has 27 heavy (non-hydrogen) atoms. The van der Waals surface area contributed by atoms with Crippen LogP contribution in [0.15, 0.2) is 0 Å². The summed E-state index contributed by atoms with van der Waals surface area (Å²) in [4.78, 5) is 0. The monoisotopic (exact) mass is 374 g/mol. The summed E-state index contributed by atoms with van der Waals surface area (Å²) in [5, 5.41) is 19.2. The molecule has 0 aliphatic heterocycles. The van der Waals surface area contributed by atoms with Gasteiger partial charge >= 0.3 is 0 Å². The van der Waals surface area contributed by atoms with Gasteiger partial charge in [-0.05, 0) is 122 Å². The van der Waals surface area contributed by atoms with E-state index >= 15 is 0 Å². The molecule has 0 amide bonds. The molecule has 0 radical (unpaired) electrons. The molecule has 0 aromatic rings. The minimum atomic E-state index is 0.414. The first-order valence-corrected chi connectivity index (χ1v) is 12.1. The Morgan fingerprint density at radius 3 is 2.07 bits per heavy atom. The molecule has 6 saturated carbocycles. The number of aliphatic hydroxyl groups excluding tert-OH is 2. The Morgan fingerprint density at radius 1 is 0.593 bits per heavy atom. The number of fused-ring (bicyclic) bond motifs is 10. The zero-order chi connectivity index (χ0) is 18.1. The molecule has 6 aliphatic carbocycles. The summed E-state index contributed by atoms with van der Waals surface area (Å²) < 4.78 is 6.41. The Balaban J connectivity index is 1.01. The maximum Gasteiger partial charge on any atom is 0.0497 e. The highest BCUT2D eigenvalue weighted by molar-refractivity contribution is 5.06. The summed E-state index contributed by atoms with van der Waals surface area (Å²) in [6.07, 6.45) is 10.9. The molecular formula is C24H38O3. The number of ether oxygens (including phenoxy) is 1. The summed E-state index contributed by atoms with van der Waals surface area (Å²) in [7, 11) is 0. The normalized spacial score (nSPS) is 57.6. The van der Waals surface area contributed by atoms with E-state index in [2.05, 4.69) is 0 Å². The van der Waals surface area contributed by atoms with Gasteiger partial charge < -0.3 is 14.9 Å². The molecule has 12 unspecified atom stereocenters. The highest BCUT2D eigenvalue weighted by Gasteiger charge is 2.57. The molecule has 152 valence electrons. The number of hydrogen-bond donors (Lipinski definition) is 2. The average Bonchev–Trinajstić information content (AvgIpc) is 3.47. The van der Waals surface area contributed by atoms with E-state index < -0.39 is 0 Å². The minimum absolute atomic E-state index is 0.414. The van der Waals surface area contributed by atoms with Crippen LogP contribution in [0.1, 0.15) is 51.4 Å². The van der Waals surface area contributed by atoms with Crippen molar-refractivity contribution in [3.05, 3.63) is 0 Å². The van der Waals surface area contributed by atoms with Crippen molar-refractivity contribution in [1.82, 2.24) is 0 Å². The van der Waals surface area contributed by atoms with Crippen LogP contribution < -0.4 is 0 Å². The van der Waals surface area contributed by atoms with Gasteiger partial charge in [-0.15, -0.1) is 0 Å². The predicted octanol–water partition coefficient (Wildman–Crippen LogP) is 3.58. The number of aliphatic hydroxyl groups is 2. The van der Waals surface area contributed by atoms with Crippen LogP contribution in [-0.4, -0.2) is 36.6 Å². The molecule has 12 atom stereocenters. The van der Waals surface area contributed by atoms with Gasteiger partial charge in [0.1, 0.15) is 0 Å². The van der Waals surface area contributed by atoms with Crippen LogP contribution in [0.3, 0.4) is 0 Å². The third-order valence-electron chi connectivity index (χ3n) is 10.6. The topological polar surface area (TPSA) is 49.7 Å². The Kier molecular flexibility index (Phi) is 4.40. The molecule has 0 spiro atoms. The largest absolute Gasteiger partial charge is 0.396 e. The maximum atomic E-state index is 9.68. The zero-order valence-corrected chi connectivity index (χ0v) is 16.7. The molecular weight excluding hydrogens is 336 g/mol. The second kappa shape index (κ2) is 6.71. The van der Waals surface area contributed by atoms with Crippen LogP contribution in [0, 0.1) is 71.0 Å². The molecule has 0 aromatic carbocycles. The van der Waals surface area contributed by atoms with E-state index in [1.54, 1.807) is 0 Å². The van der Waals surface area contributed by atoms with Gasteiger partial charge in [-0.2, -0.15) is 0 Å². The van der Waals surface area contributed by atoms with Crippen LogP contribution in [0.2, 0.25) is 0 Å². The molecule has 0 heterocycles. The van der Waals surface area contributed by atoms with Crippen molar-refractivity contribution in [3.8, 4) is 0 Å². The van der Waals surface area contributed by atoms with Crippen molar-refractivity contribution in [2.75, 3.05) is 26.4 Å². The smallest absolute Gasteiger partial charge is 0.0497 e. The fourth-order valence-corrected chi connectivity index (χ4v) is 9.86. The molecule has 6 aliphatic rings. The first-order chi connectivity index (χ1) is 13.3. The lowest BCUT2D eigenvalue weighted by Crippen LogP contribution is -2.32. The minimum Gasteiger partial charge on any atom is -0.396 e. The van der Waals surface area contributed by atoms with E-state index in [1.165, 1.54) is 51.4 Å². The summed E-state index contributed by atoms with van der Waals surface area (Å²) in [5.41, 5.74) is 0. The first kappa shape index (κ1) is 17.7. The van der Waals surface area contributed by atoms with E-state index in [4.69, 9.17) is 4.74 Å². The lowest BCUT2D eigenvalue weighted by atomic mass is 9.73. The van der Waals surface area contributed by atoms with Gasteiger partial charge in [0.25, 0.3) is 0 Å². The summed E-state index contributed by atoms with van der Waals surface area (Å²) in [5.74, 6) is 10.1. The van der Waals surface area contributed by atoms with Crippen molar-refractivity contribution in [2.24, 2.45) is 71.0 Å². The molecule has 0 aromatic heterocycles. The molecule has 2 N–H and O–H groups in total. The Hall–Kier alpha value is -0.120. The van der Waals surface area contributed by atoms with Crippen LogP contribution in [0.25, 0.3) is 0 Å². The third kappa shape index (κ3) is 2.63. The van der Waals surface area contributed by atoms with Crippen LogP contribution >= 0.6 is 0 Å². The molecule has 4 bridgehead atoms. The van der Waals surface area contributed by atoms with E-state index in [9.17, 15) is 10.2 Å². The molecule has 0 saturated heterocycles. The number of hydrogen-bond acceptors (Lipinski definition) is 3. The highest BCUT2D eigenvalue weighted by Crippen LogP contribution is 2.63. The first-order valence-electron chi connectivity index (χ1n) is 12.1. The van der Waals surface area contributed by atoms with E-state index in [0.717, 1.165) is 72.4 Å². The summed E-state index contributed by atoms with van der Waals surface area (Å²) in [6.45, 7) is 2.86. The molecule has 3 nitrogen and oxygen atoms in total. The van der Waals surface area contributed by atoms with Gasteiger partial charge in [0.15, 0.2) is 0 Å². The third-order valence-corrected chi connectivity index (χ3v) is 10.6. The molecule has 3 heteroatoms. The van der Waals surface area contributed by atoms with Gasteiger partial charge in [-0.25, -0.2) is 0 Å². The summed E-state index contributed by atoms with van der Waals surface area (Å²) in [6, 6.07) is 0. The second-order valence-electron chi connectivity index (χ2n) is 11.5. The molecule has 6 rings (SSSR count). The van der Waals surface area contributed by atoms with Crippen molar-refractivity contribution in [3.63, 3.8) is 0 Å². The van der Waals surface area contributed by atoms with Gasteiger partial charge in [0.2, 0.25) is 0 Å². The Morgan fingerprint density at radius 2 is 1.30 bits per heavy atom. The Labute approximate surface area is 164 Å². The Bertz CT molecular complexity index is 558. The van der Waals surface area contributed by atoms with Crippen LogP contribution in [0.5, 0.6) is 0 Å². The zero-order valence-electron chi connectivity index (χ0n) is 16.7. The maximum absolute atomic E-state index is 9.68. The average molecular weight is 375 g/mol. The number of rotatable bonds is 6. The lowest BCUT2D eigenvalue weighted by Gasteiger charge is -2.34. The highest BCUT2D eigenvalue weighted by atomic mass is 16.5. The lowest BCUT2D eigenvalue weighted by molar-refractivity contribution is 0.0123. The van der Waals surface area contributed by atoms with Gasteiger partial charge in [0.05, 0.1) is 0 Å². The second-order valence-corrected chi connectivity index (χ2v) is 11.5. The van der Waals surface area contributed by atoms with Crippen molar-refractivity contribution >= 4 is 0 Å². The van der Waals surface area contributed by atoms with Gasteiger partial charge in [-0.1, -0.05) is 0 Å². The quantitative estimate of drug-likeness (QED) is 0.747. The van der Waals surface area contributed by atoms with Crippen molar-refractivity contribution < 1.29 is 14.9 Å². The van der Waals surface area contributed by atoms with Crippen molar-refractivity contribution in [1.29, 1.82) is 0 Å². The predicted molar refractivity (Wildman–Crippen MR) is 104 cm³/mol. The van der Waals surface area contributed by atoms with Crippen molar-refractivity contribution in [2.45, 2.75) is 51.4 Å². The van der Waals surface area contributed by atoms with Gasteiger partial charge in [-0.3, -0.25) is 0 Å². The van der Waals surface area contributed by atoms with Crippen LogP contribution in [0.4, 0.5) is 0 Å². The van der Waals surface area contributed by atoms with Crippen LogP contribution in [-0.2, 0) is 4.74 Å². The van der Waals surface area contributed by atoms with E-state index in [1.807, 2.05) is 0 Å². The van der Waals surface area contributed by atoms with E-state index in [-0.39, 0.29) is 0 Å². The van der Waals surface area contributed by atoms with Gasteiger partial charge in [0, 0.05) is 26.4 Å². The fraction of sp³-hybridized carbons (Fsp3) is 1.00. The van der Waals surface area contributed by atoms with E-state index in [0.29, 0.717) is 25.0 Å². The standard InChI is InChI=1S/C24H38O3/c25-9-13-3-20-15-5-17(22(7-15)23(20)4-13)11-27-12-18-6-16-8-21(18)19-2-1-14(10-26)24(16)19/h13-26H,1-12H2. The summed E-state index contributed by atoms with van der Waals surface area (Å²) >= 11 is 0. The fourth-order valence-electron chi connectivity index (χ4n) is 9.86. The molecule has 6 fully saturated rings.